The summed E-state index contributed by atoms with van der Waals surface area (Å²) in [6.45, 7) is 2.17. The van der Waals surface area contributed by atoms with Crippen LogP contribution in [-0.4, -0.2) is 178 Å². The summed E-state index contributed by atoms with van der Waals surface area (Å²) in [5, 5.41) is 46.6. The lowest BCUT2D eigenvalue weighted by molar-refractivity contribution is -0.140. The lowest BCUT2D eigenvalue weighted by Crippen LogP contribution is -2.60. The summed E-state index contributed by atoms with van der Waals surface area (Å²) in [4.78, 5) is 173. The number of carboxylic acids is 3. The SMILES string of the molecule is CSCC[C@H](NC(=O)[C@H](CCC(=O)O)NC(=O)[C@H](CCC(=O)O)NC(C)=O)C(=O)N[C@@H](CCC(N)=O)C(=O)N[C@@H](CCCN=C(N)N)C(=O)N[C@@H](CCCN=C(N)N)C(=O)N[C@@H](C)C(=O)N[C@@H](CCC(=O)O)C(N)=O. The van der Waals surface area contributed by atoms with Gasteiger partial charge in [-0.2, -0.15) is 11.8 Å². The predicted molar refractivity (Wildman–Crippen MR) is 268 cm³/mol. The molecule has 0 radical (unpaired) electrons. The summed E-state index contributed by atoms with van der Waals surface area (Å²) >= 11 is 1.23. The van der Waals surface area contributed by atoms with Crippen molar-refractivity contribution >= 4 is 101 Å². The van der Waals surface area contributed by atoms with Gasteiger partial charge in [0.25, 0.3) is 0 Å². The molecule has 0 unspecified atom stereocenters. The van der Waals surface area contributed by atoms with Crippen LogP contribution in [-0.2, 0) is 62.3 Å². The van der Waals surface area contributed by atoms with Crippen LogP contribution in [0.2, 0.25) is 0 Å². The van der Waals surface area contributed by atoms with Gasteiger partial charge in [0.1, 0.15) is 48.3 Å². The molecule has 33 heteroatoms. The average Bonchev–Trinajstić information content (AvgIpc) is 3.31. The van der Waals surface area contributed by atoms with Crippen molar-refractivity contribution in [2.45, 2.75) is 146 Å². The number of carbonyl (C=O) groups excluding carboxylic acids is 10. The molecule has 75 heavy (non-hydrogen) atoms. The van der Waals surface area contributed by atoms with Crippen molar-refractivity contribution in [3.8, 4) is 0 Å². The Kier molecular flexibility index (Phi) is 32.2. The molecule has 8 atom stereocenters. The van der Waals surface area contributed by atoms with Gasteiger partial charge >= 0.3 is 17.9 Å². The minimum atomic E-state index is -1.67. The lowest BCUT2D eigenvalue weighted by Gasteiger charge is -2.28. The van der Waals surface area contributed by atoms with Crippen LogP contribution in [0.4, 0.5) is 0 Å². The van der Waals surface area contributed by atoms with Crippen molar-refractivity contribution in [2.75, 3.05) is 25.1 Å². The van der Waals surface area contributed by atoms with E-state index in [1.54, 1.807) is 6.26 Å². The zero-order chi connectivity index (χ0) is 57.4. The quantitative estimate of drug-likeness (QED) is 0.0155. The number of nitrogens with zero attached hydrogens (tertiary/aromatic N) is 2. The number of thioether (sulfide) groups is 1. The first-order valence-electron chi connectivity index (χ1n) is 23.3. The van der Waals surface area contributed by atoms with E-state index in [9.17, 15) is 67.4 Å². The summed E-state index contributed by atoms with van der Waals surface area (Å²) in [7, 11) is 0. The molecular formula is C42H72N16O16S. The predicted octanol–water partition coefficient (Wildman–Crippen LogP) is -6.89. The molecule has 0 aliphatic carbocycles. The molecule has 10 amide bonds. The minimum Gasteiger partial charge on any atom is -0.481 e. The van der Waals surface area contributed by atoms with Crippen LogP contribution in [0.15, 0.2) is 9.98 Å². The molecule has 0 aromatic carbocycles. The number of amides is 10. The fourth-order valence-electron chi connectivity index (χ4n) is 6.51. The molecule has 0 saturated heterocycles. The first kappa shape index (κ1) is 67.0. The van der Waals surface area contributed by atoms with Gasteiger partial charge in [0.05, 0.1) is 0 Å². The first-order chi connectivity index (χ1) is 35.1. The summed E-state index contributed by atoms with van der Waals surface area (Å²) < 4.78 is 0. The van der Waals surface area contributed by atoms with Gasteiger partial charge in [-0.1, -0.05) is 0 Å². The third-order valence-electron chi connectivity index (χ3n) is 10.4. The van der Waals surface area contributed by atoms with Crippen molar-refractivity contribution in [1.82, 2.24) is 42.5 Å². The van der Waals surface area contributed by atoms with E-state index < -0.39 is 170 Å². The Balaban J connectivity index is 6.92. The van der Waals surface area contributed by atoms with E-state index in [0.717, 1.165) is 6.92 Å². The molecule has 0 spiro atoms. The molecule has 0 heterocycles. The van der Waals surface area contributed by atoms with Crippen LogP contribution >= 0.6 is 11.8 Å². The number of aliphatic imine (C=N–C) groups is 2. The van der Waals surface area contributed by atoms with Crippen molar-refractivity contribution in [1.29, 1.82) is 0 Å². The maximum Gasteiger partial charge on any atom is 0.303 e. The van der Waals surface area contributed by atoms with Crippen LogP contribution < -0.4 is 76.9 Å². The van der Waals surface area contributed by atoms with Gasteiger partial charge in [0, 0.05) is 45.7 Å². The molecule has 0 saturated carbocycles. The Morgan fingerprint density at radius 2 is 0.733 bits per heavy atom. The first-order valence-corrected chi connectivity index (χ1v) is 24.7. The number of guanidine groups is 2. The van der Waals surface area contributed by atoms with Gasteiger partial charge in [-0.15, -0.1) is 0 Å². The van der Waals surface area contributed by atoms with E-state index in [4.69, 9.17) is 44.6 Å². The lowest BCUT2D eigenvalue weighted by atomic mass is 10.0. The molecule has 0 bridgehead atoms. The number of primary amides is 2. The number of nitrogens with two attached hydrogens (primary N) is 6. The van der Waals surface area contributed by atoms with E-state index in [1.165, 1.54) is 18.7 Å². The van der Waals surface area contributed by atoms with Crippen LogP contribution in [0, 0.1) is 0 Å². The van der Waals surface area contributed by atoms with Gasteiger partial charge < -0.3 is 92.3 Å². The van der Waals surface area contributed by atoms with Crippen LogP contribution in [0.3, 0.4) is 0 Å². The highest BCUT2D eigenvalue weighted by Crippen LogP contribution is 2.10. The van der Waals surface area contributed by atoms with E-state index >= 15 is 0 Å². The number of hydrogen-bond acceptors (Lipinski definition) is 16. The van der Waals surface area contributed by atoms with Crippen molar-refractivity contribution in [3.05, 3.63) is 0 Å². The summed E-state index contributed by atoms with van der Waals surface area (Å²) in [5.74, 6) is -14.2. The van der Waals surface area contributed by atoms with Crippen LogP contribution in [0.5, 0.6) is 0 Å². The molecule has 0 fully saturated rings. The Morgan fingerprint density at radius 1 is 0.427 bits per heavy atom. The zero-order valence-electron chi connectivity index (χ0n) is 41.8. The van der Waals surface area contributed by atoms with E-state index in [0.29, 0.717) is 0 Å². The Bertz CT molecular complexity index is 2090. The second-order valence-corrected chi connectivity index (χ2v) is 17.7. The molecule has 32 nitrogen and oxygen atoms in total. The molecule has 0 aliphatic rings. The largest absolute Gasteiger partial charge is 0.481 e. The van der Waals surface area contributed by atoms with Gasteiger partial charge in [-0.3, -0.25) is 72.3 Å². The summed E-state index contributed by atoms with van der Waals surface area (Å²) in [6, 6.07) is -12.1. The highest BCUT2D eigenvalue weighted by atomic mass is 32.2. The van der Waals surface area contributed by atoms with Gasteiger partial charge in [-0.05, 0) is 76.7 Å². The maximum atomic E-state index is 14.1. The van der Waals surface area contributed by atoms with Crippen molar-refractivity contribution in [3.63, 3.8) is 0 Å². The number of carbonyl (C=O) groups is 13. The number of hydrogen-bond donors (Lipinski definition) is 17. The van der Waals surface area contributed by atoms with Crippen LogP contribution in [0.25, 0.3) is 0 Å². The molecule has 422 valence electrons. The smallest absolute Gasteiger partial charge is 0.303 e. The van der Waals surface area contributed by atoms with E-state index in [-0.39, 0.29) is 69.3 Å². The monoisotopic (exact) mass is 1090 g/mol. The van der Waals surface area contributed by atoms with Crippen molar-refractivity contribution in [2.24, 2.45) is 44.4 Å². The number of carboxylic acid groups (broad SMARTS) is 3. The second kappa shape index (κ2) is 36.0. The highest BCUT2D eigenvalue weighted by molar-refractivity contribution is 7.98. The standard InChI is InChI=1S/C42H72N16O16S/c1-20(34(68)53-22(33(44)67)9-13-30(61)62)51-35(69)23(6-4-17-49-41(45)46)54-36(70)24(7-5-18-50-42(47)48)55-38(72)26(8-12-29(43)60)56-40(74)28(16-19-75-3)58-39(73)27(11-15-32(65)66)57-37(71)25(52-21(2)59)10-14-31(63)64/h20,22-28H,4-19H2,1-3H3,(H2,43,60)(H2,44,67)(H,51,69)(H,52,59)(H,53,68)(H,54,70)(H,55,72)(H,56,74)(H,57,71)(H,58,73)(H,61,62)(H,63,64)(H,65,66)(H4,45,46,49)(H4,47,48,50)/t20-,22-,23-,24-,25-,26-,27-,28-/m0/s1. The van der Waals surface area contributed by atoms with E-state index in [2.05, 4.69) is 52.5 Å². The van der Waals surface area contributed by atoms with Crippen LogP contribution in [0.1, 0.15) is 97.3 Å². The highest BCUT2D eigenvalue weighted by Gasteiger charge is 2.34. The normalized spacial score (nSPS) is 13.9. The number of aliphatic carboxylic acids is 3. The Labute approximate surface area is 435 Å². The van der Waals surface area contributed by atoms with E-state index in [1.807, 2.05) is 0 Å². The third kappa shape index (κ3) is 30.6. The minimum absolute atomic E-state index is 0.0174. The van der Waals surface area contributed by atoms with Gasteiger partial charge in [0.2, 0.25) is 59.1 Å². The zero-order valence-corrected chi connectivity index (χ0v) is 42.7. The molecule has 0 aromatic rings. The molecule has 0 rings (SSSR count). The fraction of sp³-hybridized carbons (Fsp3) is 0.643. The van der Waals surface area contributed by atoms with Gasteiger partial charge in [0.15, 0.2) is 11.9 Å². The second-order valence-electron chi connectivity index (χ2n) is 16.7. The molecule has 0 aliphatic heterocycles. The Morgan fingerprint density at radius 3 is 1.05 bits per heavy atom. The molecule has 23 N–H and O–H groups in total. The average molecular weight is 1090 g/mol. The topological polar surface area (TPSA) is 560 Å². The molecule has 0 aromatic heterocycles. The summed E-state index contributed by atoms with van der Waals surface area (Å²) in [5.41, 5.74) is 32.5. The van der Waals surface area contributed by atoms with Crippen molar-refractivity contribution < 1.29 is 77.6 Å². The Hall–Kier alpha value is -8.00. The van der Waals surface area contributed by atoms with Gasteiger partial charge in [-0.25, -0.2) is 0 Å². The summed E-state index contributed by atoms with van der Waals surface area (Å²) in [6.07, 6.45) is -2.85. The number of nitrogens with one attached hydrogen (secondary N) is 8. The molecular weight excluding hydrogens is 1020 g/mol. The maximum absolute atomic E-state index is 14.1. The third-order valence-corrected chi connectivity index (χ3v) is 11.0. The fourth-order valence-corrected chi connectivity index (χ4v) is 6.99. The number of rotatable bonds is 39.